The van der Waals surface area contributed by atoms with Crippen molar-refractivity contribution in [1.29, 1.82) is 0 Å². The van der Waals surface area contributed by atoms with Crippen LogP contribution in [0.3, 0.4) is 0 Å². The van der Waals surface area contributed by atoms with Crippen LogP contribution in [0.25, 0.3) is 0 Å². The number of hydrogen-bond donors (Lipinski definition) is 1. The molecule has 0 saturated carbocycles. The van der Waals surface area contributed by atoms with E-state index in [0.29, 0.717) is 37.4 Å². The highest BCUT2D eigenvalue weighted by molar-refractivity contribution is 7.89. The van der Waals surface area contributed by atoms with Crippen molar-refractivity contribution in [3.63, 3.8) is 0 Å². The maximum atomic E-state index is 11.6. The lowest BCUT2D eigenvalue weighted by Crippen LogP contribution is -2.30. The second kappa shape index (κ2) is 5.85. The highest BCUT2D eigenvalue weighted by Crippen LogP contribution is 2.18. The molecule has 0 bridgehead atoms. The maximum absolute atomic E-state index is 11.6. The summed E-state index contributed by atoms with van der Waals surface area (Å²) in [5.74, 6) is 0.822. The van der Waals surface area contributed by atoms with Gasteiger partial charge in [-0.25, -0.2) is 8.42 Å². The Balaban J connectivity index is 1.95. The molecule has 2 rings (SSSR count). The summed E-state index contributed by atoms with van der Waals surface area (Å²) in [7, 11) is -3.07. The number of benzene rings is 1. The van der Waals surface area contributed by atoms with Gasteiger partial charge in [0.1, 0.15) is 17.3 Å². The van der Waals surface area contributed by atoms with E-state index < -0.39 is 10.0 Å². The standard InChI is InChI=1S/C12H16N2O3S2/c13-12(18)10-4-1-2-5-11(10)17-8-7-14-6-3-9-19(14,15)16/h1-2,4-5H,3,6-9H2,(H2,13,18). The minimum absolute atomic E-state index is 0.233. The van der Waals surface area contributed by atoms with E-state index in [-0.39, 0.29) is 10.7 Å². The minimum atomic E-state index is -3.07. The second-order valence-electron chi connectivity index (χ2n) is 4.28. The Morgan fingerprint density at radius 1 is 1.42 bits per heavy atom. The van der Waals surface area contributed by atoms with Gasteiger partial charge in [-0.05, 0) is 18.6 Å². The van der Waals surface area contributed by atoms with Gasteiger partial charge in [-0.1, -0.05) is 24.4 Å². The van der Waals surface area contributed by atoms with Crippen LogP contribution in [0.4, 0.5) is 0 Å². The summed E-state index contributed by atoms with van der Waals surface area (Å²) in [5, 5.41) is 0. The molecule has 0 radical (unpaired) electrons. The number of nitrogens with two attached hydrogens (primary N) is 1. The Bertz CT molecular complexity index is 572. The summed E-state index contributed by atoms with van der Waals surface area (Å²) in [6.07, 6.45) is 0.686. The molecule has 1 aliphatic heterocycles. The van der Waals surface area contributed by atoms with Crippen LogP contribution in [0.1, 0.15) is 12.0 Å². The summed E-state index contributed by atoms with van der Waals surface area (Å²) < 4.78 is 30.3. The predicted molar refractivity (Wildman–Crippen MR) is 77.8 cm³/mol. The van der Waals surface area contributed by atoms with Crippen LogP contribution in [-0.2, 0) is 10.0 Å². The first-order chi connectivity index (χ1) is 9.00. The number of rotatable bonds is 5. The van der Waals surface area contributed by atoms with Gasteiger partial charge in [0.15, 0.2) is 0 Å². The Labute approximate surface area is 118 Å². The summed E-state index contributed by atoms with van der Waals surface area (Å²) in [6.45, 7) is 1.22. The number of ether oxygens (including phenoxy) is 1. The number of para-hydroxylation sites is 1. The molecule has 1 fully saturated rings. The van der Waals surface area contributed by atoms with Gasteiger partial charge in [0.25, 0.3) is 0 Å². The van der Waals surface area contributed by atoms with Gasteiger partial charge in [0, 0.05) is 13.1 Å². The highest BCUT2D eigenvalue weighted by Gasteiger charge is 2.27. The number of nitrogens with zero attached hydrogens (tertiary/aromatic N) is 1. The van der Waals surface area contributed by atoms with Crippen LogP contribution in [0.5, 0.6) is 5.75 Å². The Kier molecular flexibility index (Phi) is 4.38. The summed E-state index contributed by atoms with van der Waals surface area (Å²) in [4.78, 5) is 0.268. The van der Waals surface area contributed by atoms with Gasteiger partial charge in [0.05, 0.1) is 11.3 Å². The molecule has 0 unspecified atom stereocenters. The van der Waals surface area contributed by atoms with Gasteiger partial charge >= 0.3 is 0 Å². The molecule has 0 atom stereocenters. The average Bonchev–Trinajstić information content (AvgIpc) is 2.69. The van der Waals surface area contributed by atoms with E-state index in [9.17, 15) is 8.42 Å². The second-order valence-corrected chi connectivity index (χ2v) is 6.81. The molecular formula is C12H16N2O3S2. The Hall–Kier alpha value is -1.18. The predicted octanol–water partition coefficient (Wildman–Crippen LogP) is 0.735. The zero-order valence-electron chi connectivity index (χ0n) is 10.4. The van der Waals surface area contributed by atoms with Crippen LogP contribution < -0.4 is 10.5 Å². The fourth-order valence-corrected chi connectivity index (χ4v) is 3.68. The monoisotopic (exact) mass is 300 g/mol. The number of thiocarbonyl (C=S) groups is 1. The molecule has 1 aromatic carbocycles. The van der Waals surface area contributed by atoms with E-state index in [1.54, 1.807) is 12.1 Å². The Morgan fingerprint density at radius 2 is 2.16 bits per heavy atom. The van der Waals surface area contributed by atoms with Crippen molar-refractivity contribution >= 4 is 27.2 Å². The SMILES string of the molecule is NC(=S)c1ccccc1OCCN1CCCS1(=O)=O. The van der Waals surface area contributed by atoms with Gasteiger partial charge in [-0.15, -0.1) is 0 Å². The molecule has 1 aromatic rings. The Morgan fingerprint density at radius 3 is 2.79 bits per heavy atom. The molecule has 19 heavy (non-hydrogen) atoms. The van der Waals surface area contributed by atoms with Crippen molar-refractivity contribution in [2.24, 2.45) is 5.73 Å². The van der Waals surface area contributed by atoms with Gasteiger partial charge < -0.3 is 10.5 Å². The van der Waals surface area contributed by atoms with E-state index in [0.717, 1.165) is 0 Å². The lowest BCUT2D eigenvalue weighted by molar-refractivity contribution is 0.279. The first-order valence-corrected chi connectivity index (χ1v) is 8.02. The molecule has 1 saturated heterocycles. The van der Waals surface area contributed by atoms with E-state index in [1.807, 2.05) is 12.1 Å². The van der Waals surface area contributed by atoms with Crippen molar-refractivity contribution in [2.45, 2.75) is 6.42 Å². The summed E-state index contributed by atoms with van der Waals surface area (Å²) in [5.41, 5.74) is 6.26. The largest absolute Gasteiger partial charge is 0.491 e. The number of hydrogen-bond acceptors (Lipinski definition) is 4. The number of sulfonamides is 1. The van der Waals surface area contributed by atoms with Gasteiger partial charge in [-0.3, -0.25) is 0 Å². The average molecular weight is 300 g/mol. The first-order valence-electron chi connectivity index (χ1n) is 6.00. The zero-order valence-corrected chi connectivity index (χ0v) is 12.0. The molecule has 1 heterocycles. The minimum Gasteiger partial charge on any atom is -0.491 e. The van der Waals surface area contributed by atoms with E-state index >= 15 is 0 Å². The molecule has 0 aliphatic carbocycles. The molecule has 1 aliphatic rings. The molecule has 7 heteroatoms. The van der Waals surface area contributed by atoms with Gasteiger partial charge in [-0.2, -0.15) is 4.31 Å². The fraction of sp³-hybridized carbons (Fsp3) is 0.417. The summed E-state index contributed by atoms with van der Waals surface area (Å²) in [6, 6.07) is 7.20. The van der Waals surface area contributed by atoms with Crippen LogP contribution in [-0.4, -0.2) is 43.2 Å². The summed E-state index contributed by atoms with van der Waals surface area (Å²) >= 11 is 4.94. The third-order valence-electron chi connectivity index (χ3n) is 2.95. The van der Waals surface area contributed by atoms with Crippen molar-refractivity contribution in [3.8, 4) is 5.75 Å². The molecule has 0 amide bonds. The van der Waals surface area contributed by atoms with Crippen molar-refractivity contribution in [1.82, 2.24) is 4.31 Å². The van der Waals surface area contributed by atoms with Crippen LogP contribution in [0.15, 0.2) is 24.3 Å². The molecule has 104 valence electrons. The van der Waals surface area contributed by atoms with E-state index in [4.69, 9.17) is 22.7 Å². The van der Waals surface area contributed by atoms with E-state index in [2.05, 4.69) is 0 Å². The van der Waals surface area contributed by atoms with Crippen molar-refractivity contribution in [3.05, 3.63) is 29.8 Å². The smallest absolute Gasteiger partial charge is 0.214 e. The topological polar surface area (TPSA) is 72.6 Å². The molecule has 0 spiro atoms. The van der Waals surface area contributed by atoms with Crippen LogP contribution >= 0.6 is 12.2 Å². The van der Waals surface area contributed by atoms with Crippen LogP contribution in [0.2, 0.25) is 0 Å². The lowest BCUT2D eigenvalue weighted by Gasteiger charge is -2.15. The maximum Gasteiger partial charge on any atom is 0.214 e. The van der Waals surface area contributed by atoms with Crippen molar-refractivity contribution < 1.29 is 13.2 Å². The van der Waals surface area contributed by atoms with Crippen LogP contribution in [0, 0.1) is 0 Å². The van der Waals surface area contributed by atoms with Gasteiger partial charge in [0.2, 0.25) is 10.0 Å². The molecule has 0 aromatic heterocycles. The molecular weight excluding hydrogens is 284 g/mol. The normalized spacial score (nSPS) is 18.3. The quantitative estimate of drug-likeness (QED) is 0.812. The fourth-order valence-electron chi connectivity index (χ4n) is 2.00. The van der Waals surface area contributed by atoms with Crippen molar-refractivity contribution in [2.75, 3.05) is 25.4 Å². The first kappa shape index (κ1) is 14.2. The highest BCUT2D eigenvalue weighted by atomic mass is 32.2. The zero-order chi connectivity index (χ0) is 13.9. The van der Waals surface area contributed by atoms with E-state index in [1.165, 1.54) is 4.31 Å². The third-order valence-corrected chi connectivity index (χ3v) is 5.13. The third kappa shape index (κ3) is 3.43. The molecule has 5 nitrogen and oxygen atoms in total. The lowest BCUT2D eigenvalue weighted by atomic mass is 10.2. The molecule has 2 N–H and O–H groups in total.